The molecule has 33 heavy (non-hydrogen) atoms. The first kappa shape index (κ1) is 22.7. The van der Waals surface area contributed by atoms with E-state index in [0.717, 1.165) is 25.2 Å². The van der Waals surface area contributed by atoms with Crippen molar-refractivity contribution < 1.29 is 18.3 Å². The highest BCUT2D eigenvalue weighted by Crippen LogP contribution is 2.35. The minimum Gasteiger partial charge on any atom is -0.496 e. The number of piperazine rings is 1. The third-order valence-electron chi connectivity index (χ3n) is 5.93. The summed E-state index contributed by atoms with van der Waals surface area (Å²) in [4.78, 5) is 19.7. The lowest BCUT2D eigenvalue weighted by Gasteiger charge is -2.31. The third-order valence-corrected chi connectivity index (χ3v) is 5.93. The Hall–Kier alpha value is -3.52. The van der Waals surface area contributed by atoms with E-state index < -0.39 is 17.5 Å². The molecule has 8 heteroatoms. The summed E-state index contributed by atoms with van der Waals surface area (Å²) in [7, 11) is 1.44. The van der Waals surface area contributed by atoms with Crippen molar-refractivity contribution in [1.29, 1.82) is 0 Å². The summed E-state index contributed by atoms with van der Waals surface area (Å²) in [5.74, 6) is -1.22. The Morgan fingerprint density at radius 3 is 2.82 bits per heavy atom. The minimum atomic E-state index is -0.557. The molecule has 0 spiro atoms. The lowest BCUT2D eigenvalue weighted by atomic mass is 10.1. The molecule has 0 aromatic heterocycles. The fourth-order valence-electron chi connectivity index (χ4n) is 4.44. The number of nitrogens with one attached hydrogen (secondary N) is 2. The lowest BCUT2D eigenvalue weighted by molar-refractivity contribution is -0.112. The number of anilines is 2. The van der Waals surface area contributed by atoms with Gasteiger partial charge in [0.1, 0.15) is 23.1 Å². The van der Waals surface area contributed by atoms with Gasteiger partial charge in [-0.15, -0.1) is 0 Å². The van der Waals surface area contributed by atoms with Gasteiger partial charge >= 0.3 is 0 Å². The van der Waals surface area contributed by atoms with Crippen LogP contribution in [0.4, 0.5) is 20.2 Å². The highest BCUT2D eigenvalue weighted by atomic mass is 19.1. The molecule has 0 radical (unpaired) electrons. The van der Waals surface area contributed by atoms with E-state index in [1.54, 1.807) is 19.1 Å². The quantitative estimate of drug-likeness (QED) is 0.378. The number of rotatable bonds is 7. The number of halogens is 2. The fourth-order valence-corrected chi connectivity index (χ4v) is 4.44. The number of amides is 1. The molecule has 2 aliphatic rings. The van der Waals surface area contributed by atoms with E-state index in [1.807, 2.05) is 0 Å². The van der Waals surface area contributed by atoms with Crippen LogP contribution in [-0.4, -0.2) is 43.9 Å². The number of methoxy groups -OCH3 is 1. The summed E-state index contributed by atoms with van der Waals surface area (Å²) in [6.45, 7) is 6.87. The summed E-state index contributed by atoms with van der Waals surface area (Å²) in [6, 6.07) is 9.51. The van der Waals surface area contributed by atoms with Gasteiger partial charge in [0.25, 0.3) is 5.91 Å². The number of aliphatic imine (C=N–C) groups is 1. The molecule has 4 rings (SSSR count). The minimum absolute atomic E-state index is 0.00706. The van der Waals surface area contributed by atoms with Crippen molar-refractivity contribution in [2.24, 2.45) is 4.99 Å². The maximum Gasteiger partial charge on any atom is 0.274 e. The Labute approximate surface area is 191 Å². The van der Waals surface area contributed by atoms with Crippen LogP contribution in [0.15, 0.2) is 65.8 Å². The number of fused-ring (bicyclic) bond motifs is 2. The van der Waals surface area contributed by atoms with Gasteiger partial charge < -0.3 is 20.3 Å². The van der Waals surface area contributed by atoms with E-state index >= 15 is 0 Å². The van der Waals surface area contributed by atoms with Crippen LogP contribution < -0.4 is 20.3 Å². The van der Waals surface area contributed by atoms with E-state index in [2.05, 4.69) is 27.1 Å². The fraction of sp³-hybridized carbons (Fsp3) is 0.280. The molecule has 0 aliphatic carbocycles. The number of carbonyl (C=O) groups excluding carboxylic acids is 1. The zero-order valence-electron chi connectivity index (χ0n) is 18.6. The Kier molecular flexibility index (Phi) is 6.55. The monoisotopic (exact) mass is 452 g/mol. The van der Waals surface area contributed by atoms with Crippen LogP contribution in [-0.2, 0) is 4.79 Å². The van der Waals surface area contributed by atoms with Crippen molar-refractivity contribution in [3.8, 4) is 5.75 Å². The van der Waals surface area contributed by atoms with Crippen molar-refractivity contribution in [2.75, 3.05) is 30.4 Å². The molecule has 2 fully saturated rings. The number of hydrogen-bond donors (Lipinski definition) is 2. The van der Waals surface area contributed by atoms with Crippen LogP contribution in [0.5, 0.6) is 5.75 Å². The Balaban J connectivity index is 1.63. The summed E-state index contributed by atoms with van der Waals surface area (Å²) in [5.41, 5.74) is 1.55. The molecule has 6 nitrogen and oxygen atoms in total. The van der Waals surface area contributed by atoms with Gasteiger partial charge in [0, 0.05) is 25.2 Å². The number of benzene rings is 2. The standard InChI is InChI=1S/C25H26F2N4O2/c1-4-6-20(29-15(2)24-19(27)7-5-8-23(24)33-3)25(32)30-21-11-16(26)9-10-22(21)31-14-17-12-18(31)13-28-17/h4-11,17-18,28H,1,12-14H2,2-3H3,(H,30,32)/b20-6-,29-15?. The van der Waals surface area contributed by atoms with Gasteiger partial charge in [-0.05, 0) is 49.8 Å². The first-order valence-electron chi connectivity index (χ1n) is 10.7. The van der Waals surface area contributed by atoms with Gasteiger partial charge in [-0.3, -0.25) is 4.79 Å². The van der Waals surface area contributed by atoms with Crippen LogP contribution >= 0.6 is 0 Å². The summed E-state index contributed by atoms with van der Waals surface area (Å²) < 4.78 is 33.8. The zero-order valence-corrected chi connectivity index (χ0v) is 18.6. The SMILES string of the molecule is C=C/C=C(\N=C(C)c1c(F)cccc1OC)C(=O)Nc1cc(F)ccc1N1CC2CC1CN2. The Morgan fingerprint density at radius 1 is 1.33 bits per heavy atom. The molecular formula is C25H26F2N4O2. The molecule has 2 N–H and O–H groups in total. The maximum absolute atomic E-state index is 14.5. The molecule has 0 saturated carbocycles. The molecule has 172 valence electrons. The van der Waals surface area contributed by atoms with E-state index in [9.17, 15) is 13.6 Å². The van der Waals surface area contributed by atoms with E-state index in [1.165, 1.54) is 43.5 Å². The number of hydrogen-bond acceptors (Lipinski definition) is 5. The van der Waals surface area contributed by atoms with Crippen LogP contribution in [0, 0.1) is 11.6 Å². The first-order chi connectivity index (χ1) is 15.9. The smallest absolute Gasteiger partial charge is 0.274 e. The maximum atomic E-state index is 14.5. The van der Waals surface area contributed by atoms with Crippen molar-refractivity contribution >= 4 is 23.0 Å². The normalized spacial score (nSPS) is 20.2. The highest BCUT2D eigenvalue weighted by Gasteiger charge is 2.38. The van der Waals surface area contributed by atoms with Gasteiger partial charge in [0.2, 0.25) is 0 Å². The molecule has 2 atom stereocenters. The first-order valence-corrected chi connectivity index (χ1v) is 10.7. The van der Waals surface area contributed by atoms with Crippen molar-refractivity contribution in [3.63, 3.8) is 0 Å². The largest absolute Gasteiger partial charge is 0.496 e. The Bertz CT molecular complexity index is 1150. The molecule has 2 aromatic rings. The number of ether oxygens (including phenoxy) is 1. The molecule has 2 unspecified atom stereocenters. The predicted molar refractivity (Wildman–Crippen MR) is 126 cm³/mol. The number of carbonyl (C=O) groups is 1. The molecule has 2 bridgehead atoms. The van der Waals surface area contributed by atoms with Crippen LogP contribution in [0.25, 0.3) is 0 Å². The number of allylic oxidation sites excluding steroid dienone is 2. The van der Waals surface area contributed by atoms with Crippen LogP contribution in [0.3, 0.4) is 0 Å². The average molecular weight is 453 g/mol. The van der Waals surface area contributed by atoms with Crippen molar-refractivity contribution in [1.82, 2.24) is 5.32 Å². The van der Waals surface area contributed by atoms with Gasteiger partial charge in [0.15, 0.2) is 0 Å². The molecule has 2 heterocycles. The van der Waals surface area contributed by atoms with E-state index in [-0.39, 0.29) is 17.0 Å². The lowest BCUT2D eigenvalue weighted by Crippen LogP contribution is -2.44. The zero-order chi connectivity index (χ0) is 23.5. The van der Waals surface area contributed by atoms with Gasteiger partial charge in [0.05, 0.1) is 29.8 Å². The second kappa shape index (κ2) is 9.54. The molecule has 2 aliphatic heterocycles. The van der Waals surface area contributed by atoms with Gasteiger partial charge in [-0.2, -0.15) is 0 Å². The molecule has 2 aromatic carbocycles. The predicted octanol–water partition coefficient (Wildman–Crippen LogP) is 4.04. The van der Waals surface area contributed by atoms with Crippen molar-refractivity contribution in [2.45, 2.75) is 25.4 Å². The highest BCUT2D eigenvalue weighted by molar-refractivity contribution is 6.09. The molecule has 1 amide bonds. The summed E-state index contributed by atoms with van der Waals surface area (Å²) in [5, 5.41) is 6.21. The number of nitrogens with zero attached hydrogens (tertiary/aromatic N) is 2. The second-order valence-corrected chi connectivity index (χ2v) is 8.06. The van der Waals surface area contributed by atoms with Crippen molar-refractivity contribution in [3.05, 3.63) is 78.0 Å². The third kappa shape index (κ3) is 4.66. The topological polar surface area (TPSA) is 66.0 Å². The van der Waals surface area contributed by atoms with E-state index in [4.69, 9.17) is 4.74 Å². The van der Waals surface area contributed by atoms with Gasteiger partial charge in [-0.1, -0.05) is 18.7 Å². The van der Waals surface area contributed by atoms with Crippen LogP contribution in [0.2, 0.25) is 0 Å². The second-order valence-electron chi connectivity index (χ2n) is 8.06. The average Bonchev–Trinajstić information content (AvgIpc) is 3.42. The molecular weight excluding hydrogens is 426 g/mol. The van der Waals surface area contributed by atoms with E-state index in [0.29, 0.717) is 23.5 Å². The molecule has 2 saturated heterocycles. The van der Waals surface area contributed by atoms with Gasteiger partial charge in [-0.25, -0.2) is 13.8 Å². The summed E-state index contributed by atoms with van der Waals surface area (Å²) >= 11 is 0. The van der Waals surface area contributed by atoms with Crippen LogP contribution in [0.1, 0.15) is 18.9 Å². The summed E-state index contributed by atoms with van der Waals surface area (Å²) in [6.07, 6.45) is 3.86. The Morgan fingerprint density at radius 2 is 2.15 bits per heavy atom.